The molecule has 0 aliphatic heterocycles. The zero-order chi connectivity index (χ0) is 19.0. The van der Waals surface area contributed by atoms with Gasteiger partial charge in [-0.05, 0) is 80.4 Å². The molecule has 2 rings (SSSR count). The SMILES string of the molecule is CC(C)(C)CCCCCc1cc(CCCCC2(OC=O)CC2)ccc1O. The molecule has 1 saturated carbocycles. The van der Waals surface area contributed by atoms with E-state index in [0.717, 1.165) is 56.9 Å². The molecule has 146 valence electrons. The Bertz CT molecular complexity index is 567. The summed E-state index contributed by atoms with van der Waals surface area (Å²) in [4.78, 5) is 10.5. The Morgan fingerprint density at radius 2 is 1.81 bits per heavy atom. The largest absolute Gasteiger partial charge is 0.508 e. The maximum atomic E-state index is 10.5. The van der Waals surface area contributed by atoms with Gasteiger partial charge in [-0.15, -0.1) is 0 Å². The van der Waals surface area contributed by atoms with Gasteiger partial charge in [0.05, 0.1) is 0 Å². The quantitative estimate of drug-likeness (QED) is 0.369. The molecule has 26 heavy (non-hydrogen) atoms. The van der Waals surface area contributed by atoms with E-state index in [1.807, 2.05) is 12.1 Å². The highest BCUT2D eigenvalue weighted by atomic mass is 16.5. The number of phenolic OH excluding ortho intramolecular Hbond substituents is 1. The van der Waals surface area contributed by atoms with E-state index in [1.54, 1.807) is 0 Å². The van der Waals surface area contributed by atoms with E-state index in [0.29, 0.717) is 17.6 Å². The normalized spacial score (nSPS) is 15.7. The number of phenols is 1. The minimum atomic E-state index is -0.130. The second-order valence-electron chi connectivity index (χ2n) is 9.19. The smallest absolute Gasteiger partial charge is 0.293 e. The van der Waals surface area contributed by atoms with Crippen LogP contribution in [0.3, 0.4) is 0 Å². The summed E-state index contributed by atoms with van der Waals surface area (Å²) >= 11 is 0. The molecule has 1 aliphatic carbocycles. The van der Waals surface area contributed by atoms with Crippen molar-refractivity contribution in [2.45, 2.75) is 97.0 Å². The zero-order valence-electron chi connectivity index (χ0n) is 16.9. The summed E-state index contributed by atoms with van der Waals surface area (Å²) in [5, 5.41) is 10.1. The summed E-state index contributed by atoms with van der Waals surface area (Å²) in [5.74, 6) is 0.431. The van der Waals surface area contributed by atoms with Gasteiger partial charge in [0.2, 0.25) is 0 Å². The van der Waals surface area contributed by atoms with Crippen LogP contribution < -0.4 is 0 Å². The van der Waals surface area contributed by atoms with Crippen molar-refractivity contribution in [3.63, 3.8) is 0 Å². The third-order valence-electron chi connectivity index (χ3n) is 5.47. The van der Waals surface area contributed by atoms with Crippen molar-refractivity contribution in [3.8, 4) is 5.75 Å². The molecule has 1 aliphatic rings. The lowest BCUT2D eigenvalue weighted by atomic mass is 9.89. The van der Waals surface area contributed by atoms with Crippen LogP contribution in [0.5, 0.6) is 5.75 Å². The number of benzene rings is 1. The highest BCUT2D eigenvalue weighted by Crippen LogP contribution is 2.43. The van der Waals surface area contributed by atoms with E-state index in [-0.39, 0.29) is 5.60 Å². The molecule has 0 unspecified atom stereocenters. The average Bonchev–Trinajstić information content (AvgIpc) is 3.33. The molecule has 0 radical (unpaired) electrons. The number of aryl methyl sites for hydroxylation is 2. The van der Waals surface area contributed by atoms with Gasteiger partial charge in [0, 0.05) is 0 Å². The van der Waals surface area contributed by atoms with Crippen LogP contribution in [0.1, 0.15) is 89.7 Å². The molecule has 1 aromatic rings. The molecule has 3 heteroatoms. The summed E-state index contributed by atoms with van der Waals surface area (Å²) in [6.45, 7) is 7.47. The Labute approximate surface area is 159 Å². The second kappa shape index (κ2) is 9.43. The van der Waals surface area contributed by atoms with Gasteiger partial charge in [-0.1, -0.05) is 45.7 Å². The first-order valence-electron chi connectivity index (χ1n) is 10.3. The summed E-state index contributed by atoms with van der Waals surface area (Å²) in [6, 6.07) is 6.05. The van der Waals surface area contributed by atoms with Gasteiger partial charge >= 0.3 is 0 Å². The Kier molecular flexibility index (Phi) is 7.55. The van der Waals surface area contributed by atoms with E-state index < -0.39 is 0 Å². The van der Waals surface area contributed by atoms with E-state index in [1.165, 1.54) is 24.8 Å². The number of hydrogen-bond donors (Lipinski definition) is 1. The fraction of sp³-hybridized carbons (Fsp3) is 0.696. The van der Waals surface area contributed by atoms with Crippen LogP contribution >= 0.6 is 0 Å². The first-order valence-corrected chi connectivity index (χ1v) is 10.3. The van der Waals surface area contributed by atoms with Crippen molar-refractivity contribution in [1.82, 2.24) is 0 Å². The lowest BCUT2D eigenvalue weighted by molar-refractivity contribution is -0.135. The topological polar surface area (TPSA) is 46.5 Å². The Morgan fingerprint density at radius 1 is 1.08 bits per heavy atom. The molecule has 0 heterocycles. The maximum Gasteiger partial charge on any atom is 0.293 e. The van der Waals surface area contributed by atoms with Crippen molar-refractivity contribution in [3.05, 3.63) is 29.3 Å². The molecular formula is C23H36O3. The molecule has 3 nitrogen and oxygen atoms in total. The monoisotopic (exact) mass is 360 g/mol. The molecule has 1 fully saturated rings. The van der Waals surface area contributed by atoms with Crippen LogP contribution in [0.4, 0.5) is 0 Å². The number of ether oxygens (including phenoxy) is 1. The van der Waals surface area contributed by atoms with Crippen molar-refractivity contribution in [1.29, 1.82) is 0 Å². The molecule has 0 aromatic heterocycles. The van der Waals surface area contributed by atoms with Gasteiger partial charge in [0.1, 0.15) is 11.4 Å². The van der Waals surface area contributed by atoms with Gasteiger partial charge in [-0.3, -0.25) is 4.79 Å². The van der Waals surface area contributed by atoms with Crippen molar-refractivity contribution < 1.29 is 14.6 Å². The van der Waals surface area contributed by atoms with Gasteiger partial charge < -0.3 is 9.84 Å². The van der Waals surface area contributed by atoms with Crippen LogP contribution in [0.15, 0.2) is 18.2 Å². The first kappa shape index (κ1) is 20.8. The first-order chi connectivity index (χ1) is 12.3. The lowest BCUT2D eigenvalue weighted by Gasteiger charge is -2.17. The minimum Gasteiger partial charge on any atom is -0.508 e. The van der Waals surface area contributed by atoms with Crippen LogP contribution in [-0.2, 0) is 22.4 Å². The third-order valence-corrected chi connectivity index (χ3v) is 5.47. The Hall–Kier alpha value is -1.51. The second-order valence-corrected chi connectivity index (χ2v) is 9.19. The minimum absolute atomic E-state index is 0.130. The predicted octanol–water partition coefficient (Wildman–Crippen LogP) is 5.96. The number of carbonyl (C=O) groups excluding carboxylic acids is 1. The Balaban J connectivity index is 1.70. The maximum absolute atomic E-state index is 10.5. The molecule has 0 bridgehead atoms. The third kappa shape index (κ3) is 7.39. The fourth-order valence-electron chi connectivity index (χ4n) is 3.59. The van der Waals surface area contributed by atoms with Crippen molar-refractivity contribution >= 4 is 6.47 Å². The predicted molar refractivity (Wildman–Crippen MR) is 106 cm³/mol. The van der Waals surface area contributed by atoms with Crippen molar-refractivity contribution in [2.75, 3.05) is 0 Å². The van der Waals surface area contributed by atoms with E-state index in [4.69, 9.17) is 4.74 Å². The fourth-order valence-corrected chi connectivity index (χ4v) is 3.59. The zero-order valence-corrected chi connectivity index (χ0v) is 16.9. The molecule has 0 spiro atoms. The summed E-state index contributed by atoms with van der Waals surface area (Å²) in [5.41, 5.74) is 2.67. The molecular weight excluding hydrogens is 324 g/mol. The van der Waals surface area contributed by atoms with Crippen LogP contribution in [0.2, 0.25) is 0 Å². The average molecular weight is 361 g/mol. The highest BCUT2D eigenvalue weighted by molar-refractivity contribution is 5.39. The highest BCUT2D eigenvalue weighted by Gasteiger charge is 2.44. The summed E-state index contributed by atoms with van der Waals surface area (Å²) in [7, 11) is 0. The summed E-state index contributed by atoms with van der Waals surface area (Å²) < 4.78 is 5.20. The molecule has 0 saturated heterocycles. The Morgan fingerprint density at radius 3 is 2.46 bits per heavy atom. The number of aromatic hydroxyl groups is 1. The number of carbonyl (C=O) groups is 1. The van der Waals surface area contributed by atoms with E-state index >= 15 is 0 Å². The number of unbranched alkanes of at least 4 members (excludes halogenated alkanes) is 3. The van der Waals surface area contributed by atoms with Crippen LogP contribution in [0.25, 0.3) is 0 Å². The van der Waals surface area contributed by atoms with Gasteiger partial charge in [0.15, 0.2) is 0 Å². The molecule has 1 N–H and O–H groups in total. The van der Waals surface area contributed by atoms with Crippen molar-refractivity contribution in [2.24, 2.45) is 5.41 Å². The molecule has 0 amide bonds. The van der Waals surface area contributed by atoms with Crippen LogP contribution in [0, 0.1) is 5.41 Å². The van der Waals surface area contributed by atoms with Crippen LogP contribution in [-0.4, -0.2) is 17.2 Å². The standard InChI is InChI=1S/C23H36O3/c1-22(2,3)13-7-4-5-10-20-17-19(11-12-21(20)25)9-6-8-14-23(15-16-23)26-18-24/h11-12,17-18,25H,4-10,13-16H2,1-3H3. The number of hydrogen-bond acceptors (Lipinski definition) is 3. The molecule has 1 aromatic carbocycles. The van der Waals surface area contributed by atoms with E-state index in [2.05, 4.69) is 26.8 Å². The number of rotatable bonds is 12. The van der Waals surface area contributed by atoms with Gasteiger partial charge in [0.25, 0.3) is 6.47 Å². The molecule has 0 atom stereocenters. The van der Waals surface area contributed by atoms with Gasteiger partial charge in [-0.25, -0.2) is 0 Å². The lowest BCUT2D eigenvalue weighted by Crippen LogP contribution is -2.12. The summed E-state index contributed by atoms with van der Waals surface area (Å²) in [6.07, 6.45) is 12.0. The van der Waals surface area contributed by atoms with Gasteiger partial charge in [-0.2, -0.15) is 0 Å². The van der Waals surface area contributed by atoms with E-state index in [9.17, 15) is 9.90 Å².